The van der Waals surface area contributed by atoms with Crippen molar-refractivity contribution in [2.24, 2.45) is 0 Å². The number of benzene rings is 2. The van der Waals surface area contributed by atoms with Gasteiger partial charge in [0.25, 0.3) is 5.91 Å². The van der Waals surface area contributed by atoms with Gasteiger partial charge < -0.3 is 4.90 Å². The Morgan fingerprint density at radius 1 is 1.21 bits per heavy atom. The van der Waals surface area contributed by atoms with Crippen LogP contribution in [0.25, 0.3) is 10.9 Å². The van der Waals surface area contributed by atoms with Gasteiger partial charge in [-0.1, -0.05) is 17.7 Å². The average molecular weight is 412 g/mol. The molecule has 1 aliphatic rings. The van der Waals surface area contributed by atoms with E-state index < -0.39 is 17.6 Å². The van der Waals surface area contributed by atoms with Crippen LogP contribution in [0.3, 0.4) is 0 Å². The molecule has 1 saturated heterocycles. The van der Waals surface area contributed by atoms with Crippen LogP contribution < -0.4 is 0 Å². The number of halogens is 5. The number of nitrogens with zero attached hydrogens (tertiary/aromatic N) is 3. The fourth-order valence-electron chi connectivity index (χ4n) is 3.22. The highest BCUT2D eigenvalue weighted by molar-refractivity contribution is 6.31. The first-order valence-corrected chi connectivity index (χ1v) is 8.92. The lowest BCUT2D eigenvalue weighted by Crippen LogP contribution is -2.42. The third-order valence-corrected chi connectivity index (χ3v) is 5.19. The van der Waals surface area contributed by atoms with Crippen molar-refractivity contribution in [1.29, 1.82) is 0 Å². The zero-order chi connectivity index (χ0) is 20.1. The summed E-state index contributed by atoms with van der Waals surface area (Å²) in [6.45, 7) is 0.900. The van der Waals surface area contributed by atoms with E-state index >= 15 is 0 Å². The number of hydrogen-bond donors (Lipinski definition) is 0. The average Bonchev–Trinajstić information content (AvgIpc) is 2.97. The molecule has 0 atom stereocenters. The van der Waals surface area contributed by atoms with Gasteiger partial charge in [0.2, 0.25) is 0 Å². The van der Waals surface area contributed by atoms with E-state index in [2.05, 4.69) is 5.10 Å². The molecule has 0 N–H and O–H groups in total. The summed E-state index contributed by atoms with van der Waals surface area (Å²) in [7, 11) is 0. The Hall–Kier alpha value is -2.61. The monoisotopic (exact) mass is 411 g/mol. The van der Waals surface area contributed by atoms with Crippen molar-refractivity contribution < 1.29 is 22.4 Å². The summed E-state index contributed by atoms with van der Waals surface area (Å²) >= 11 is 6.01. The standard InChI is InChI=1S/C19H14ClF4N3O/c20-15-4-1-3-14(19(22,23)24)13(15)10-27-17-8-11(18(28)26-5-2-6-26)7-16(21)12(17)9-25-27/h1,3-4,7-9H,2,5-6,10H2. The molecule has 0 saturated carbocycles. The number of rotatable bonds is 3. The second-order valence-corrected chi connectivity index (χ2v) is 7.01. The molecule has 2 aromatic carbocycles. The van der Waals surface area contributed by atoms with Crippen molar-refractivity contribution in [2.45, 2.75) is 19.1 Å². The van der Waals surface area contributed by atoms with Crippen molar-refractivity contribution in [2.75, 3.05) is 13.1 Å². The summed E-state index contributed by atoms with van der Waals surface area (Å²) < 4.78 is 55.7. The molecule has 3 aromatic rings. The van der Waals surface area contributed by atoms with E-state index in [4.69, 9.17) is 11.6 Å². The summed E-state index contributed by atoms with van der Waals surface area (Å²) in [6, 6.07) is 6.10. The van der Waals surface area contributed by atoms with E-state index in [-0.39, 0.29) is 39.5 Å². The third-order valence-electron chi connectivity index (χ3n) is 4.83. The molecule has 0 radical (unpaired) electrons. The number of fused-ring (bicyclic) bond motifs is 1. The molecule has 4 rings (SSSR count). The number of amides is 1. The first-order valence-electron chi connectivity index (χ1n) is 8.54. The minimum atomic E-state index is -4.59. The number of alkyl halides is 3. The molecular formula is C19H14ClF4N3O. The van der Waals surface area contributed by atoms with Crippen LogP contribution in [-0.4, -0.2) is 33.7 Å². The number of aromatic nitrogens is 2. The molecule has 4 nitrogen and oxygen atoms in total. The largest absolute Gasteiger partial charge is 0.416 e. The quantitative estimate of drug-likeness (QED) is 0.584. The van der Waals surface area contributed by atoms with Crippen LogP contribution in [0.15, 0.2) is 36.5 Å². The lowest BCUT2D eigenvalue weighted by atomic mass is 10.1. The highest BCUT2D eigenvalue weighted by Crippen LogP contribution is 2.36. The van der Waals surface area contributed by atoms with Crippen LogP contribution >= 0.6 is 11.6 Å². The maximum Gasteiger partial charge on any atom is 0.416 e. The molecule has 0 unspecified atom stereocenters. The van der Waals surface area contributed by atoms with Crippen LogP contribution in [0.5, 0.6) is 0 Å². The zero-order valence-electron chi connectivity index (χ0n) is 14.4. The predicted molar refractivity (Wildman–Crippen MR) is 95.8 cm³/mol. The van der Waals surface area contributed by atoms with Gasteiger partial charge in [0, 0.05) is 29.2 Å². The lowest BCUT2D eigenvalue weighted by molar-refractivity contribution is -0.138. The van der Waals surface area contributed by atoms with E-state index in [1.165, 1.54) is 29.1 Å². The van der Waals surface area contributed by atoms with Crippen LogP contribution in [0.4, 0.5) is 17.6 Å². The normalized spacial score (nSPS) is 14.4. The van der Waals surface area contributed by atoms with Crippen molar-refractivity contribution >= 4 is 28.4 Å². The Bertz CT molecular complexity index is 1070. The number of hydrogen-bond acceptors (Lipinski definition) is 2. The maximum atomic E-state index is 14.5. The minimum Gasteiger partial charge on any atom is -0.339 e. The van der Waals surface area contributed by atoms with Gasteiger partial charge in [0.15, 0.2) is 0 Å². The van der Waals surface area contributed by atoms with Crippen LogP contribution in [-0.2, 0) is 12.7 Å². The molecule has 1 amide bonds. The number of carbonyl (C=O) groups is 1. The second kappa shape index (κ2) is 6.77. The van der Waals surface area contributed by atoms with E-state index in [0.717, 1.165) is 18.6 Å². The minimum absolute atomic E-state index is 0.0632. The molecule has 0 spiro atoms. The fourth-order valence-corrected chi connectivity index (χ4v) is 3.45. The van der Waals surface area contributed by atoms with Crippen molar-refractivity contribution in [3.63, 3.8) is 0 Å². The van der Waals surface area contributed by atoms with Gasteiger partial charge in [-0.15, -0.1) is 0 Å². The zero-order valence-corrected chi connectivity index (χ0v) is 15.2. The smallest absolute Gasteiger partial charge is 0.339 e. The number of carbonyl (C=O) groups excluding carboxylic acids is 1. The van der Waals surface area contributed by atoms with E-state index in [1.54, 1.807) is 4.90 Å². The van der Waals surface area contributed by atoms with Gasteiger partial charge in [0.05, 0.1) is 29.2 Å². The van der Waals surface area contributed by atoms with Gasteiger partial charge in [-0.3, -0.25) is 9.48 Å². The first kappa shape index (κ1) is 18.7. The molecule has 2 heterocycles. The van der Waals surface area contributed by atoms with Gasteiger partial charge in [-0.2, -0.15) is 18.3 Å². The highest BCUT2D eigenvalue weighted by atomic mass is 35.5. The molecule has 1 aliphatic heterocycles. The molecule has 0 bridgehead atoms. The maximum absolute atomic E-state index is 14.5. The molecular weight excluding hydrogens is 398 g/mol. The van der Waals surface area contributed by atoms with E-state index in [0.29, 0.717) is 13.1 Å². The Morgan fingerprint density at radius 3 is 2.61 bits per heavy atom. The fraction of sp³-hybridized carbons (Fsp3) is 0.263. The van der Waals surface area contributed by atoms with Gasteiger partial charge in [0.1, 0.15) is 5.82 Å². The molecule has 146 valence electrons. The predicted octanol–water partition coefficient (Wildman–Crippen LogP) is 4.74. The summed E-state index contributed by atoms with van der Waals surface area (Å²) in [5, 5.41) is 4.08. The summed E-state index contributed by atoms with van der Waals surface area (Å²) in [6.07, 6.45) is -2.47. The van der Waals surface area contributed by atoms with E-state index in [9.17, 15) is 22.4 Å². The van der Waals surface area contributed by atoms with Crippen molar-refractivity contribution in [3.05, 3.63) is 64.1 Å². The van der Waals surface area contributed by atoms with E-state index in [1.807, 2.05) is 0 Å². The molecule has 1 aromatic heterocycles. The SMILES string of the molecule is O=C(c1cc(F)c2cnn(Cc3c(Cl)cccc3C(F)(F)F)c2c1)N1CCC1. The third kappa shape index (κ3) is 3.22. The summed E-state index contributed by atoms with van der Waals surface area (Å²) in [5.41, 5.74) is -0.669. The summed E-state index contributed by atoms with van der Waals surface area (Å²) in [5.74, 6) is -0.962. The summed E-state index contributed by atoms with van der Waals surface area (Å²) in [4.78, 5) is 14.0. The number of likely N-dealkylation sites (tertiary alicyclic amines) is 1. The van der Waals surface area contributed by atoms with Crippen LogP contribution in [0.2, 0.25) is 5.02 Å². The molecule has 0 aliphatic carbocycles. The van der Waals surface area contributed by atoms with Gasteiger partial charge in [-0.25, -0.2) is 4.39 Å². The van der Waals surface area contributed by atoms with Crippen molar-refractivity contribution in [3.8, 4) is 0 Å². The van der Waals surface area contributed by atoms with Gasteiger partial charge in [-0.05, 0) is 30.7 Å². The lowest BCUT2D eigenvalue weighted by Gasteiger charge is -2.30. The Morgan fingerprint density at radius 2 is 1.96 bits per heavy atom. The first-order chi connectivity index (χ1) is 13.3. The van der Waals surface area contributed by atoms with Crippen LogP contribution in [0.1, 0.15) is 27.9 Å². The Kier molecular flexibility index (Phi) is 4.53. The molecule has 28 heavy (non-hydrogen) atoms. The van der Waals surface area contributed by atoms with Crippen LogP contribution in [0, 0.1) is 5.82 Å². The topological polar surface area (TPSA) is 38.1 Å². The highest BCUT2D eigenvalue weighted by Gasteiger charge is 2.34. The Balaban J connectivity index is 1.78. The second-order valence-electron chi connectivity index (χ2n) is 6.60. The molecule has 9 heteroatoms. The Labute approximate surface area is 162 Å². The van der Waals surface area contributed by atoms with Gasteiger partial charge >= 0.3 is 6.18 Å². The molecule has 1 fully saturated rings. The van der Waals surface area contributed by atoms with Crippen molar-refractivity contribution in [1.82, 2.24) is 14.7 Å².